The van der Waals surface area contributed by atoms with Crippen molar-refractivity contribution in [2.24, 2.45) is 0 Å². The summed E-state index contributed by atoms with van der Waals surface area (Å²) in [6.07, 6.45) is 5.01. The lowest BCUT2D eigenvalue weighted by Gasteiger charge is -2.34. The Balaban J connectivity index is 1.24. The Hall–Kier alpha value is -2.02. The van der Waals surface area contributed by atoms with Crippen LogP contribution < -0.4 is 0 Å². The monoisotopic (exact) mass is 381 g/mol. The number of thiazole rings is 1. The molecule has 1 aliphatic rings. The van der Waals surface area contributed by atoms with Crippen molar-refractivity contribution < 1.29 is 0 Å². The number of nitrogens with zero attached hydrogens (tertiary/aromatic N) is 5. The van der Waals surface area contributed by atoms with Crippen molar-refractivity contribution in [1.29, 1.82) is 0 Å². The number of aromatic nitrogens is 3. The first-order valence-electron chi connectivity index (χ1n) is 9.76. The molecule has 0 radical (unpaired) electrons. The highest BCUT2D eigenvalue weighted by Gasteiger charge is 2.18. The first-order chi connectivity index (χ1) is 13.3. The Morgan fingerprint density at radius 2 is 1.78 bits per heavy atom. The molecule has 0 bridgehead atoms. The van der Waals surface area contributed by atoms with Gasteiger partial charge in [-0.15, -0.1) is 11.3 Å². The number of hydrogen-bond donors (Lipinski definition) is 0. The molecule has 0 unspecified atom stereocenters. The quantitative estimate of drug-likeness (QED) is 0.629. The van der Waals surface area contributed by atoms with Crippen molar-refractivity contribution in [1.82, 2.24) is 24.3 Å². The van der Waals surface area contributed by atoms with Crippen LogP contribution in [0, 0.1) is 0 Å². The molecule has 2 aromatic heterocycles. The van der Waals surface area contributed by atoms with Crippen LogP contribution >= 0.6 is 11.3 Å². The highest BCUT2D eigenvalue weighted by molar-refractivity contribution is 7.13. The molecule has 0 spiro atoms. The molecule has 0 saturated carbocycles. The van der Waals surface area contributed by atoms with E-state index in [2.05, 4.69) is 62.1 Å². The smallest absolute Gasteiger partial charge is 0.123 e. The molecule has 0 atom stereocenters. The van der Waals surface area contributed by atoms with Gasteiger partial charge in [-0.1, -0.05) is 37.3 Å². The molecule has 0 N–H and O–H groups in total. The fourth-order valence-corrected chi connectivity index (χ4v) is 4.42. The lowest BCUT2D eigenvalue weighted by molar-refractivity contribution is 0.123. The van der Waals surface area contributed by atoms with Crippen LogP contribution in [0.2, 0.25) is 0 Å². The van der Waals surface area contributed by atoms with Gasteiger partial charge in [0.05, 0.1) is 5.69 Å². The summed E-state index contributed by atoms with van der Waals surface area (Å²) in [6.45, 7) is 9.75. The Bertz CT molecular complexity index is 833. The van der Waals surface area contributed by atoms with Crippen molar-refractivity contribution in [3.05, 3.63) is 59.6 Å². The van der Waals surface area contributed by atoms with Gasteiger partial charge in [0.15, 0.2) is 0 Å². The summed E-state index contributed by atoms with van der Waals surface area (Å²) in [5, 5.41) is 3.33. The first kappa shape index (κ1) is 18.3. The van der Waals surface area contributed by atoms with Gasteiger partial charge in [-0.2, -0.15) is 0 Å². The van der Waals surface area contributed by atoms with Gasteiger partial charge < -0.3 is 4.57 Å². The summed E-state index contributed by atoms with van der Waals surface area (Å²) in [6, 6.07) is 10.5. The second-order valence-corrected chi connectivity index (χ2v) is 7.88. The molecule has 1 aromatic carbocycles. The number of imidazole rings is 1. The summed E-state index contributed by atoms with van der Waals surface area (Å²) in [7, 11) is 0. The molecule has 1 fully saturated rings. The summed E-state index contributed by atoms with van der Waals surface area (Å²) in [5.41, 5.74) is 2.41. The third-order valence-corrected chi connectivity index (χ3v) is 6.14. The van der Waals surface area contributed by atoms with Crippen molar-refractivity contribution in [2.45, 2.75) is 26.4 Å². The van der Waals surface area contributed by atoms with E-state index in [1.54, 1.807) is 11.3 Å². The van der Waals surface area contributed by atoms with Crippen LogP contribution in [0.25, 0.3) is 10.6 Å². The minimum atomic E-state index is 0.957. The van der Waals surface area contributed by atoms with E-state index in [1.165, 1.54) is 17.1 Å². The van der Waals surface area contributed by atoms with E-state index in [1.807, 2.05) is 12.3 Å². The van der Waals surface area contributed by atoms with E-state index in [4.69, 9.17) is 4.98 Å². The molecule has 3 aromatic rings. The number of aryl methyl sites for hydroxylation is 1. The largest absolute Gasteiger partial charge is 0.334 e. The van der Waals surface area contributed by atoms with Crippen LogP contribution in [0.5, 0.6) is 0 Å². The van der Waals surface area contributed by atoms with Crippen molar-refractivity contribution in [2.75, 3.05) is 32.7 Å². The second kappa shape index (κ2) is 8.78. The van der Waals surface area contributed by atoms with Crippen molar-refractivity contribution >= 4 is 11.3 Å². The van der Waals surface area contributed by atoms with E-state index in [0.717, 1.165) is 57.2 Å². The molecule has 27 heavy (non-hydrogen) atoms. The van der Waals surface area contributed by atoms with E-state index < -0.39 is 0 Å². The average Bonchev–Trinajstić information content (AvgIpc) is 3.37. The van der Waals surface area contributed by atoms with Crippen LogP contribution in [-0.4, -0.2) is 57.1 Å². The lowest BCUT2D eigenvalue weighted by atomic mass is 10.2. The minimum absolute atomic E-state index is 0.957. The Labute approximate surface area is 165 Å². The zero-order valence-electron chi connectivity index (χ0n) is 15.9. The van der Waals surface area contributed by atoms with E-state index in [0.29, 0.717) is 0 Å². The second-order valence-electron chi connectivity index (χ2n) is 7.02. The van der Waals surface area contributed by atoms with Gasteiger partial charge in [0.25, 0.3) is 0 Å². The highest BCUT2D eigenvalue weighted by Crippen LogP contribution is 2.24. The predicted molar refractivity (Wildman–Crippen MR) is 111 cm³/mol. The van der Waals surface area contributed by atoms with E-state index in [9.17, 15) is 0 Å². The molecule has 1 saturated heterocycles. The Kier molecular flexibility index (Phi) is 5.97. The van der Waals surface area contributed by atoms with Crippen LogP contribution in [0.1, 0.15) is 18.4 Å². The highest BCUT2D eigenvalue weighted by atomic mass is 32.1. The van der Waals surface area contributed by atoms with Gasteiger partial charge in [0.1, 0.15) is 10.8 Å². The zero-order valence-corrected chi connectivity index (χ0v) is 16.7. The maximum absolute atomic E-state index is 4.84. The molecule has 4 rings (SSSR count). The summed E-state index contributed by atoms with van der Waals surface area (Å²) in [4.78, 5) is 14.3. The molecule has 0 aliphatic carbocycles. The molecular weight excluding hydrogens is 354 g/mol. The van der Waals surface area contributed by atoms with Gasteiger partial charge >= 0.3 is 0 Å². The van der Waals surface area contributed by atoms with Gasteiger partial charge in [-0.05, 0) is 0 Å². The van der Waals surface area contributed by atoms with Crippen LogP contribution in [-0.2, 0) is 19.5 Å². The summed E-state index contributed by atoms with van der Waals surface area (Å²) < 4.78 is 2.28. The number of benzene rings is 1. The molecule has 5 nitrogen and oxygen atoms in total. The van der Waals surface area contributed by atoms with E-state index in [-0.39, 0.29) is 0 Å². The van der Waals surface area contributed by atoms with Gasteiger partial charge in [-0.3, -0.25) is 9.80 Å². The fraction of sp³-hybridized carbons (Fsp3) is 0.429. The molecule has 142 valence electrons. The molecule has 3 heterocycles. The normalized spacial score (nSPS) is 16.0. The molecule has 1 aliphatic heterocycles. The van der Waals surface area contributed by atoms with Crippen LogP contribution in [0.4, 0.5) is 0 Å². The summed E-state index contributed by atoms with van der Waals surface area (Å²) in [5.74, 6) is 1.19. The standard InChI is InChI=1S/C21H27N5S/c1-2-20-22-8-9-26(20)15-14-24-10-12-25(13-11-24)16-19-17-27-21(23-19)18-6-4-3-5-7-18/h3-9,17H,2,10-16H2,1H3. The van der Waals surface area contributed by atoms with Crippen LogP contribution in [0.3, 0.4) is 0 Å². The Morgan fingerprint density at radius 1 is 1.00 bits per heavy atom. The average molecular weight is 382 g/mol. The molecular formula is C21H27N5S. The summed E-state index contributed by atoms with van der Waals surface area (Å²) >= 11 is 1.74. The predicted octanol–water partition coefficient (Wildman–Crippen LogP) is 3.39. The zero-order chi connectivity index (χ0) is 18.5. The number of hydrogen-bond acceptors (Lipinski definition) is 5. The Morgan fingerprint density at radius 3 is 2.56 bits per heavy atom. The van der Waals surface area contributed by atoms with E-state index >= 15 is 0 Å². The van der Waals surface area contributed by atoms with Crippen molar-refractivity contribution in [3.63, 3.8) is 0 Å². The minimum Gasteiger partial charge on any atom is -0.334 e. The maximum Gasteiger partial charge on any atom is 0.123 e. The van der Waals surface area contributed by atoms with Gasteiger partial charge in [-0.25, -0.2) is 9.97 Å². The first-order valence-corrected chi connectivity index (χ1v) is 10.6. The topological polar surface area (TPSA) is 37.2 Å². The lowest BCUT2D eigenvalue weighted by Crippen LogP contribution is -2.46. The maximum atomic E-state index is 4.84. The molecule has 0 amide bonds. The van der Waals surface area contributed by atoms with Gasteiger partial charge in [0.2, 0.25) is 0 Å². The SMILES string of the molecule is CCc1nccn1CCN1CCN(Cc2csc(-c3ccccc3)n2)CC1. The third kappa shape index (κ3) is 4.64. The van der Waals surface area contributed by atoms with Gasteiger partial charge in [0, 0.05) is 75.6 Å². The number of piperazine rings is 1. The third-order valence-electron chi connectivity index (χ3n) is 5.20. The van der Waals surface area contributed by atoms with Crippen LogP contribution in [0.15, 0.2) is 48.1 Å². The fourth-order valence-electron chi connectivity index (χ4n) is 3.60. The number of rotatable bonds is 7. The van der Waals surface area contributed by atoms with Crippen molar-refractivity contribution in [3.8, 4) is 10.6 Å². The molecule has 6 heteroatoms.